The lowest BCUT2D eigenvalue weighted by Crippen LogP contribution is -2.41. The van der Waals surface area contributed by atoms with Crippen LogP contribution in [0.3, 0.4) is 0 Å². The third-order valence-electron chi connectivity index (χ3n) is 4.49. The van der Waals surface area contributed by atoms with Gasteiger partial charge in [-0.2, -0.15) is 0 Å². The summed E-state index contributed by atoms with van der Waals surface area (Å²) in [6, 6.07) is 0. The number of carbonyl (C=O) groups is 1. The highest BCUT2D eigenvalue weighted by Crippen LogP contribution is 2.31. The second-order valence-corrected chi connectivity index (χ2v) is 7.63. The molecule has 0 spiro atoms. The number of ketones is 1. The highest BCUT2D eigenvalue weighted by molar-refractivity contribution is 6.00. The summed E-state index contributed by atoms with van der Waals surface area (Å²) in [5, 5.41) is 0. The minimum atomic E-state index is -0.849. The third-order valence-corrected chi connectivity index (χ3v) is 4.49. The second kappa shape index (κ2) is 7.01. The first-order valence-corrected chi connectivity index (χ1v) is 8.38. The van der Waals surface area contributed by atoms with Crippen LogP contribution in [0.15, 0.2) is 12.2 Å². The van der Waals surface area contributed by atoms with E-state index >= 15 is 0 Å². The van der Waals surface area contributed by atoms with Gasteiger partial charge in [0.05, 0.1) is 24.9 Å². The molecule has 5 heteroatoms. The molecule has 0 amide bonds. The van der Waals surface area contributed by atoms with Gasteiger partial charge in [0, 0.05) is 6.61 Å². The number of Topliss-reactive ketones (excluding diaryl/α,β-unsaturated/α-hetero) is 1. The van der Waals surface area contributed by atoms with Crippen LogP contribution >= 0.6 is 0 Å². The van der Waals surface area contributed by atoms with Crippen LogP contribution in [0, 0.1) is 0 Å². The van der Waals surface area contributed by atoms with E-state index in [1.54, 1.807) is 20.8 Å². The van der Waals surface area contributed by atoms with E-state index in [1.165, 1.54) is 0 Å². The Hall–Kier alpha value is -0.750. The molecule has 3 atom stereocenters. The molecule has 0 aromatic rings. The van der Waals surface area contributed by atoms with E-state index < -0.39 is 5.60 Å². The first-order chi connectivity index (χ1) is 10.6. The maximum absolute atomic E-state index is 12.0. The summed E-state index contributed by atoms with van der Waals surface area (Å²) in [7, 11) is 0. The average Bonchev–Trinajstić information content (AvgIpc) is 3.02. The molecule has 2 fully saturated rings. The van der Waals surface area contributed by atoms with Crippen LogP contribution in [0.4, 0.5) is 0 Å². The number of carbonyl (C=O) groups excluding carboxylic acids is 1. The minimum Gasteiger partial charge on any atom is -0.373 e. The molecule has 2 aliphatic heterocycles. The first-order valence-electron chi connectivity index (χ1n) is 8.38. The molecule has 2 heterocycles. The van der Waals surface area contributed by atoms with Crippen molar-refractivity contribution in [3.8, 4) is 0 Å². The average molecular weight is 326 g/mol. The van der Waals surface area contributed by atoms with E-state index in [2.05, 4.69) is 6.58 Å². The summed E-state index contributed by atoms with van der Waals surface area (Å²) in [5.41, 5.74) is -0.701. The van der Waals surface area contributed by atoms with Gasteiger partial charge in [0.1, 0.15) is 17.8 Å². The van der Waals surface area contributed by atoms with E-state index in [4.69, 9.17) is 18.9 Å². The Kier molecular flexibility index (Phi) is 5.67. The maximum atomic E-state index is 12.0. The minimum absolute atomic E-state index is 0.0254. The van der Waals surface area contributed by atoms with Crippen molar-refractivity contribution in [3.63, 3.8) is 0 Å². The lowest BCUT2D eigenvalue weighted by atomic mass is 9.98. The van der Waals surface area contributed by atoms with Crippen LogP contribution in [0.25, 0.3) is 0 Å². The summed E-state index contributed by atoms with van der Waals surface area (Å²) >= 11 is 0. The predicted octanol–water partition coefficient (Wildman–Crippen LogP) is 2.67. The molecule has 2 saturated heterocycles. The van der Waals surface area contributed by atoms with Gasteiger partial charge < -0.3 is 18.9 Å². The molecule has 0 aliphatic carbocycles. The van der Waals surface area contributed by atoms with Crippen LogP contribution in [0.5, 0.6) is 0 Å². The lowest BCUT2D eigenvalue weighted by molar-refractivity contribution is -0.144. The van der Waals surface area contributed by atoms with Crippen molar-refractivity contribution >= 4 is 5.78 Å². The molecule has 132 valence electrons. The fourth-order valence-corrected chi connectivity index (χ4v) is 3.13. The Morgan fingerprint density at radius 2 is 1.96 bits per heavy atom. The van der Waals surface area contributed by atoms with Crippen molar-refractivity contribution in [1.82, 2.24) is 0 Å². The molecule has 0 N–H and O–H groups in total. The van der Waals surface area contributed by atoms with Gasteiger partial charge in [-0.3, -0.25) is 4.79 Å². The van der Waals surface area contributed by atoms with Crippen LogP contribution in [0.1, 0.15) is 47.5 Å². The Morgan fingerprint density at radius 3 is 2.61 bits per heavy atom. The summed E-state index contributed by atoms with van der Waals surface area (Å²) < 4.78 is 23.4. The van der Waals surface area contributed by atoms with Crippen molar-refractivity contribution in [3.05, 3.63) is 12.2 Å². The zero-order valence-electron chi connectivity index (χ0n) is 15.0. The van der Waals surface area contributed by atoms with Gasteiger partial charge >= 0.3 is 0 Å². The molecule has 0 bridgehead atoms. The van der Waals surface area contributed by atoms with Crippen LogP contribution in [0.2, 0.25) is 0 Å². The van der Waals surface area contributed by atoms with Gasteiger partial charge in [-0.1, -0.05) is 6.58 Å². The quantitative estimate of drug-likeness (QED) is 0.642. The Balaban J connectivity index is 1.80. The van der Waals surface area contributed by atoms with E-state index in [9.17, 15) is 4.79 Å². The smallest absolute Gasteiger partial charge is 0.189 e. The van der Waals surface area contributed by atoms with Crippen molar-refractivity contribution < 1.29 is 23.7 Å². The molecule has 0 saturated carbocycles. The molecule has 5 nitrogen and oxygen atoms in total. The van der Waals surface area contributed by atoms with E-state index in [0.717, 1.165) is 13.0 Å². The van der Waals surface area contributed by atoms with Crippen molar-refractivity contribution in [2.45, 2.75) is 77.0 Å². The highest BCUT2D eigenvalue weighted by atomic mass is 16.6. The van der Waals surface area contributed by atoms with Crippen LogP contribution < -0.4 is 0 Å². The standard InChI is InChI=1S/C18H30O5/c1-12(2)16(19)18(5,6)22-10-8-17(3,4)23-14-11-21-13-7-9-20-15(13)14/h13-15H,1,7-11H2,2-6H3. The van der Waals surface area contributed by atoms with Crippen molar-refractivity contribution in [1.29, 1.82) is 0 Å². The highest BCUT2D eigenvalue weighted by Gasteiger charge is 2.44. The third kappa shape index (κ3) is 4.63. The predicted molar refractivity (Wildman–Crippen MR) is 87.5 cm³/mol. The number of rotatable bonds is 8. The molecule has 2 rings (SSSR count). The summed E-state index contributed by atoms with van der Waals surface area (Å²) in [5.74, 6) is -0.0670. The van der Waals surface area contributed by atoms with E-state index in [1.807, 2.05) is 13.8 Å². The molecular weight excluding hydrogens is 296 g/mol. The molecule has 0 aromatic carbocycles. The fourth-order valence-electron chi connectivity index (χ4n) is 3.13. The summed E-state index contributed by atoms with van der Waals surface area (Å²) in [6.45, 7) is 14.8. The van der Waals surface area contributed by atoms with Crippen molar-refractivity contribution in [2.24, 2.45) is 0 Å². The van der Waals surface area contributed by atoms with Gasteiger partial charge in [0.15, 0.2) is 5.78 Å². The largest absolute Gasteiger partial charge is 0.373 e. The van der Waals surface area contributed by atoms with Gasteiger partial charge in [-0.15, -0.1) is 0 Å². The number of fused-ring (bicyclic) bond motifs is 1. The first kappa shape index (κ1) is 18.6. The van der Waals surface area contributed by atoms with Gasteiger partial charge in [-0.25, -0.2) is 0 Å². The summed E-state index contributed by atoms with van der Waals surface area (Å²) in [4.78, 5) is 12.0. The van der Waals surface area contributed by atoms with E-state index in [0.29, 0.717) is 25.2 Å². The van der Waals surface area contributed by atoms with Gasteiger partial charge in [-0.05, 0) is 53.0 Å². The summed E-state index contributed by atoms with van der Waals surface area (Å²) in [6.07, 6.45) is 1.84. The molecule has 0 aromatic heterocycles. The topological polar surface area (TPSA) is 54.0 Å². The zero-order valence-corrected chi connectivity index (χ0v) is 15.0. The zero-order chi connectivity index (χ0) is 17.3. The lowest BCUT2D eigenvalue weighted by Gasteiger charge is -2.32. The van der Waals surface area contributed by atoms with Crippen LogP contribution in [-0.2, 0) is 23.7 Å². The Labute approximate surface area is 139 Å². The van der Waals surface area contributed by atoms with Crippen molar-refractivity contribution in [2.75, 3.05) is 19.8 Å². The fraction of sp³-hybridized carbons (Fsp3) is 0.833. The SMILES string of the molecule is C=C(C)C(=O)C(C)(C)OCCC(C)(C)OC1COC2CCOC21. The second-order valence-electron chi connectivity index (χ2n) is 7.63. The number of hydrogen-bond acceptors (Lipinski definition) is 5. The Bertz CT molecular complexity index is 454. The molecule has 0 radical (unpaired) electrons. The van der Waals surface area contributed by atoms with Gasteiger partial charge in [0.2, 0.25) is 0 Å². The van der Waals surface area contributed by atoms with Crippen LogP contribution in [-0.4, -0.2) is 55.1 Å². The molecule has 23 heavy (non-hydrogen) atoms. The molecule has 2 aliphatic rings. The monoisotopic (exact) mass is 326 g/mol. The Morgan fingerprint density at radius 1 is 1.26 bits per heavy atom. The maximum Gasteiger partial charge on any atom is 0.189 e. The number of ether oxygens (including phenoxy) is 4. The van der Waals surface area contributed by atoms with E-state index in [-0.39, 0.29) is 29.7 Å². The molecular formula is C18H30O5. The molecule has 3 unspecified atom stereocenters. The van der Waals surface area contributed by atoms with Gasteiger partial charge in [0.25, 0.3) is 0 Å². The number of hydrogen-bond donors (Lipinski definition) is 0. The normalized spacial score (nSPS) is 28.0.